The van der Waals surface area contributed by atoms with E-state index in [0.29, 0.717) is 33.6 Å². The first-order chi connectivity index (χ1) is 15.7. The Balaban J connectivity index is 1.56. The van der Waals surface area contributed by atoms with Gasteiger partial charge in [-0.1, -0.05) is 12.1 Å². The van der Waals surface area contributed by atoms with Crippen LogP contribution in [0.1, 0.15) is 10.4 Å². The number of nitrogens with zero attached hydrogens (tertiary/aromatic N) is 1. The fourth-order valence-corrected chi connectivity index (χ4v) is 4.09. The fourth-order valence-electron chi connectivity index (χ4n) is 2.79. The molecule has 3 rings (SSSR count). The summed E-state index contributed by atoms with van der Waals surface area (Å²) in [6.07, 6.45) is 1.08. The Labute approximate surface area is 195 Å². The van der Waals surface area contributed by atoms with Crippen molar-refractivity contribution in [3.63, 3.8) is 0 Å². The van der Waals surface area contributed by atoms with Gasteiger partial charge in [0.15, 0.2) is 16.6 Å². The van der Waals surface area contributed by atoms with E-state index in [1.54, 1.807) is 41.8 Å². The van der Waals surface area contributed by atoms with Crippen molar-refractivity contribution in [3.05, 3.63) is 53.4 Å². The minimum atomic E-state index is -3.35. The molecule has 0 aliphatic heterocycles. The summed E-state index contributed by atoms with van der Waals surface area (Å²) in [5.41, 5.74) is 2.14. The number of hydrogen-bond donors (Lipinski definition) is 3. The molecule has 0 saturated heterocycles. The van der Waals surface area contributed by atoms with Crippen LogP contribution in [0.5, 0.6) is 11.5 Å². The van der Waals surface area contributed by atoms with E-state index in [-0.39, 0.29) is 6.54 Å². The molecule has 0 radical (unpaired) electrons. The Morgan fingerprint density at radius 2 is 1.73 bits per heavy atom. The van der Waals surface area contributed by atoms with Gasteiger partial charge in [0.2, 0.25) is 15.9 Å². The monoisotopic (exact) mass is 490 g/mol. The van der Waals surface area contributed by atoms with Crippen LogP contribution in [0.15, 0.2) is 47.8 Å². The third-order valence-corrected chi connectivity index (χ3v) is 5.65. The number of hydrogen-bond acceptors (Lipinski definition) is 8. The molecule has 0 atom stereocenters. The van der Waals surface area contributed by atoms with Crippen LogP contribution in [0.2, 0.25) is 0 Å². The van der Waals surface area contributed by atoms with Gasteiger partial charge in [-0.3, -0.25) is 14.3 Å². The first-order valence-corrected chi connectivity index (χ1v) is 12.3. The summed E-state index contributed by atoms with van der Waals surface area (Å²) in [4.78, 5) is 28.9. The van der Waals surface area contributed by atoms with Crippen LogP contribution >= 0.6 is 11.3 Å². The van der Waals surface area contributed by atoms with Crippen LogP contribution in [0, 0.1) is 0 Å². The van der Waals surface area contributed by atoms with Gasteiger partial charge in [0.05, 0.1) is 32.7 Å². The maximum atomic E-state index is 12.3. The van der Waals surface area contributed by atoms with Crippen LogP contribution in [0.4, 0.5) is 10.8 Å². The lowest BCUT2D eigenvalue weighted by Crippen LogP contribution is -2.32. The van der Waals surface area contributed by atoms with E-state index in [4.69, 9.17) is 9.47 Å². The van der Waals surface area contributed by atoms with Crippen LogP contribution in [-0.2, 0) is 14.8 Å². The normalized spacial score (nSPS) is 10.9. The van der Waals surface area contributed by atoms with Gasteiger partial charge in [0.1, 0.15) is 0 Å². The number of aromatic nitrogens is 1. The van der Waals surface area contributed by atoms with Crippen molar-refractivity contribution >= 4 is 44.0 Å². The highest BCUT2D eigenvalue weighted by atomic mass is 32.2. The molecule has 33 heavy (non-hydrogen) atoms. The number of carbonyl (C=O) groups excluding carboxylic acids is 2. The summed E-state index contributed by atoms with van der Waals surface area (Å²) in [6, 6.07) is 11.4. The Morgan fingerprint density at radius 1 is 1.03 bits per heavy atom. The highest BCUT2D eigenvalue weighted by Gasteiger charge is 2.13. The number of amides is 2. The minimum absolute atomic E-state index is 0.242. The van der Waals surface area contributed by atoms with Crippen molar-refractivity contribution in [1.29, 1.82) is 0 Å². The zero-order valence-corrected chi connectivity index (χ0v) is 19.7. The summed E-state index contributed by atoms with van der Waals surface area (Å²) in [7, 11) is -0.387. The number of benzene rings is 2. The summed E-state index contributed by atoms with van der Waals surface area (Å²) >= 11 is 1.23. The second-order valence-electron chi connectivity index (χ2n) is 6.79. The van der Waals surface area contributed by atoms with E-state index in [1.807, 2.05) is 0 Å². The van der Waals surface area contributed by atoms with E-state index in [9.17, 15) is 18.0 Å². The van der Waals surface area contributed by atoms with E-state index >= 15 is 0 Å². The molecule has 1 heterocycles. The number of carbonyl (C=O) groups is 2. The molecule has 1 aromatic heterocycles. The molecule has 0 spiro atoms. The first kappa shape index (κ1) is 24.0. The van der Waals surface area contributed by atoms with Gasteiger partial charge in [-0.25, -0.2) is 13.4 Å². The molecule has 0 aliphatic rings. The lowest BCUT2D eigenvalue weighted by molar-refractivity contribution is -0.115. The van der Waals surface area contributed by atoms with Gasteiger partial charge in [-0.15, -0.1) is 11.3 Å². The predicted molar refractivity (Wildman–Crippen MR) is 127 cm³/mol. The predicted octanol–water partition coefficient (Wildman–Crippen LogP) is 2.57. The average molecular weight is 491 g/mol. The Morgan fingerprint density at radius 3 is 2.36 bits per heavy atom. The summed E-state index contributed by atoms with van der Waals surface area (Å²) < 4.78 is 35.3. The van der Waals surface area contributed by atoms with Crippen LogP contribution in [-0.4, -0.2) is 52.2 Å². The van der Waals surface area contributed by atoms with Crippen molar-refractivity contribution in [2.75, 3.05) is 37.1 Å². The summed E-state index contributed by atoms with van der Waals surface area (Å²) in [5, 5.41) is 7.31. The molecule has 2 amide bonds. The summed E-state index contributed by atoms with van der Waals surface area (Å²) in [5.74, 6) is 0.0314. The molecule has 0 saturated carbocycles. The molecule has 174 valence electrons. The van der Waals surface area contributed by atoms with Crippen molar-refractivity contribution in [1.82, 2.24) is 10.3 Å². The Hall–Kier alpha value is -3.64. The molecule has 3 N–H and O–H groups in total. The van der Waals surface area contributed by atoms with Gasteiger partial charge >= 0.3 is 0 Å². The highest BCUT2D eigenvalue weighted by molar-refractivity contribution is 7.92. The Bertz CT molecular complexity index is 1260. The lowest BCUT2D eigenvalue weighted by Gasteiger charge is -2.10. The molecular weight excluding hydrogens is 468 g/mol. The second-order valence-corrected chi connectivity index (χ2v) is 9.40. The maximum absolute atomic E-state index is 12.3. The number of sulfonamides is 1. The SMILES string of the molecule is COc1ccc(C(=O)NCC(=O)Nc2nc(-c3ccc(NS(C)(=O)=O)cc3)cs2)cc1OC. The second kappa shape index (κ2) is 10.3. The molecule has 0 aliphatic carbocycles. The number of anilines is 2. The molecule has 0 unspecified atom stereocenters. The third kappa shape index (κ3) is 6.67. The number of thiazole rings is 1. The zero-order valence-electron chi connectivity index (χ0n) is 18.0. The topological polar surface area (TPSA) is 136 Å². The molecule has 12 heteroatoms. The number of ether oxygens (including phenoxy) is 2. The van der Waals surface area contributed by atoms with Gasteiger partial charge in [-0.05, 0) is 30.3 Å². The Kier molecular flexibility index (Phi) is 7.51. The highest BCUT2D eigenvalue weighted by Crippen LogP contribution is 2.28. The van der Waals surface area contributed by atoms with Crippen molar-refractivity contribution in [3.8, 4) is 22.8 Å². The minimum Gasteiger partial charge on any atom is -0.493 e. The standard InChI is InChI=1S/C21H22N4O6S2/c1-30-17-9-6-14(10-18(17)31-2)20(27)22-11-19(26)24-21-23-16(12-32-21)13-4-7-15(8-5-13)25-33(3,28)29/h4-10,12,25H,11H2,1-3H3,(H,22,27)(H,23,24,26). The van der Waals surface area contributed by atoms with E-state index in [0.717, 1.165) is 11.8 Å². The van der Waals surface area contributed by atoms with Gasteiger partial charge in [0.25, 0.3) is 5.91 Å². The van der Waals surface area contributed by atoms with Gasteiger partial charge < -0.3 is 20.1 Å². The number of rotatable bonds is 9. The van der Waals surface area contributed by atoms with Crippen molar-refractivity contribution < 1.29 is 27.5 Å². The van der Waals surface area contributed by atoms with E-state index in [1.165, 1.54) is 31.6 Å². The van der Waals surface area contributed by atoms with Crippen molar-refractivity contribution in [2.45, 2.75) is 0 Å². The molecule has 0 bridgehead atoms. The lowest BCUT2D eigenvalue weighted by atomic mass is 10.1. The maximum Gasteiger partial charge on any atom is 0.251 e. The molecule has 0 fully saturated rings. The smallest absolute Gasteiger partial charge is 0.251 e. The van der Waals surface area contributed by atoms with E-state index < -0.39 is 21.8 Å². The fraction of sp³-hybridized carbons (Fsp3) is 0.190. The van der Waals surface area contributed by atoms with Crippen LogP contribution in [0.3, 0.4) is 0 Å². The molecule has 10 nitrogen and oxygen atoms in total. The van der Waals surface area contributed by atoms with E-state index in [2.05, 4.69) is 20.3 Å². The molecule has 2 aromatic carbocycles. The zero-order chi connectivity index (χ0) is 24.0. The van der Waals surface area contributed by atoms with Crippen LogP contribution < -0.4 is 24.8 Å². The average Bonchev–Trinajstić information content (AvgIpc) is 3.24. The van der Waals surface area contributed by atoms with Gasteiger partial charge in [-0.2, -0.15) is 0 Å². The van der Waals surface area contributed by atoms with Gasteiger partial charge in [0, 0.05) is 22.2 Å². The first-order valence-electron chi connectivity index (χ1n) is 9.52. The molecule has 3 aromatic rings. The molecular formula is C21H22N4O6S2. The van der Waals surface area contributed by atoms with Crippen molar-refractivity contribution in [2.24, 2.45) is 0 Å². The number of nitrogens with one attached hydrogen (secondary N) is 3. The third-order valence-electron chi connectivity index (χ3n) is 4.29. The van der Waals surface area contributed by atoms with Crippen LogP contribution in [0.25, 0.3) is 11.3 Å². The largest absolute Gasteiger partial charge is 0.493 e. The quantitative estimate of drug-likeness (QED) is 0.419. The number of methoxy groups -OCH3 is 2. The summed E-state index contributed by atoms with van der Waals surface area (Å²) in [6.45, 7) is -0.242.